The molecule has 0 N–H and O–H groups in total. The van der Waals surface area contributed by atoms with E-state index in [0.717, 1.165) is 113 Å². The average Bonchev–Trinajstić information content (AvgIpc) is 4.17. The van der Waals surface area contributed by atoms with E-state index < -0.39 is 0 Å². The van der Waals surface area contributed by atoms with Crippen LogP contribution in [0.15, 0.2) is 227 Å². The largest absolute Gasteiger partial charge is 0.452 e. The van der Waals surface area contributed by atoms with E-state index in [0.29, 0.717) is 0 Å². The van der Waals surface area contributed by atoms with Gasteiger partial charge in [0.05, 0.1) is 0 Å². The van der Waals surface area contributed by atoms with Crippen LogP contribution in [0.5, 0.6) is 0 Å². The van der Waals surface area contributed by atoms with Crippen LogP contribution < -0.4 is 9.80 Å². The molecule has 11 aromatic carbocycles. The molecule has 0 fully saturated rings. The van der Waals surface area contributed by atoms with Gasteiger partial charge in [-0.1, -0.05) is 84.9 Å². The number of aromatic nitrogens is 2. The van der Waals surface area contributed by atoms with Crippen LogP contribution in [-0.4, -0.2) is 9.13 Å². The first-order valence-corrected chi connectivity index (χ1v) is 25.0. The van der Waals surface area contributed by atoms with Gasteiger partial charge in [-0.15, -0.1) is 0 Å². The molecular formula is C66H46N4O2. The normalized spacial score (nSPS) is 12.1. The maximum Gasteiger partial charge on any atom is 0.178 e. The lowest BCUT2D eigenvalue weighted by molar-refractivity contribution is 0.634. The molecule has 0 saturated heterocycles. The fraction of sp³-hybridized carbons (Fsp3) is 0.0606. The summed E-state index contributed by atoms with van der Waals surface area (Å²) in [6.45, 7) is 6.26. The zero-order chi connectivity index (χ0) is 47.6. The van der Waals surface area contributed by atoms with Gasteiger partial charge in [0.25, 0.3) is 0 Å². The molecule has 15 aromatic rings. The highest BCUT2D eigenvalue weighted by Crippen LogP contribution is 2.45. The topological polar surface area (TPSA) is 42.6 Å². The zero-order valence-corrected chi connectivity index (χ0v) is 39.8. The van der Waals surface area contributed by atoms with E-state index in [4.69, 9.17) is 8.83 Å². The molecule has 6 nitrogen and oxygen atoms in total. The molecule has 4 aromatic heterocycles. The van der Waals surface area contributed by atoms with Crippen LogP contribution in [0.2, 0.25) is 0 Å². The van der Waals surface area contributed by atoms with Crippen molar-refractivity contribution in [2.24, 2.45) is 0 Å². The van der Waals surface area contributed by atoms with E-state index in [-0.39, 0.29) is 0 Å². The summed E-state index contributed by atoms with van der Waals surface area (Å²) in [5, 5.41) is 13.7. The second-order valence-corrected chi connectivity index (χ2v) is 19.1. The first-order chi connectivity index (χ1) is 35.6. The molecule has 6 heteroatoms. The summed E-state index contributed by atoms with van der Waals surface area (Å²) in [6.07, 6.45) is 0. The third-order valence-electron chi connectivity index (χ3n) is 15.2. The Bertz CT molecular complexity index is 4370. The van der Waals surface area contributed by atoms with E-state index >= 15 is 0 Å². The summed E-state index contributed by atoms with van der Waals surface area (Å²) in [5.41, 5.74) is 14.8. The van der Waals surface area contributed by atoms with Crippen molar-refractivity contribution in [1.29, 1.82) is 0 Å². The van der Waals surface area contributed by atoms with E-state index in [9.17, 15) is 0 Å². The summed E-state index contributed by atoms with van der Waals surface area (Å²) in [7, 11) is 0. The fourth-order valence-corrected chi connectivity index (χ4v) is 11.9. The van der Waals surface area contributed by atoms with Crippen molar-refractivity contribution < 1.29 is 8.83 Å². The number of hydrogen-bond donors (Lipinski definition) is 0. The molecule has 0 radical (unpaired) electrons. The van der Waals surface area contributed by atoms with Gasteiger partial charge in [-0.3, -0.25) is 0 Å². The van der Waals surface area contributed by atoms with Gasteiger partial charge in [-0.25, -0.2) is 0 Å². The Morgan fingerprint density at radius 3 is 1.12 bits per heavy atom. The summed E-state index contributed by atoms with van der Waals surface area (Å²) in [6, 6.07) is 79.3. The van der Waals surface area contributed by atoms with Gasteiger partial charge in [-0.2, -0.15) is 0 Å². The van der Waals surface area contributed by atoms with Gasteiger partial charge >= 0.3 is 0 Å². The van der Waals surface area contributed by atoms with Crippen LogP contribution >= 0.6 is 0 Å². The second-order valence-electron chi connectivity index (χ2n) is 19.1. The van der Waals surface area contributed by atoms with Crippen molar-refractivity contribution >= 4 is 143 Å². The molecule has 0 aliphatic heterocycles. The van der Waals surface area contributed by atoms with Crippen molar-refractivity contribution in [3.8, 4) is 0 Å². The van der Waals surface area contributed by atoms with Crippen molar-refractivity contribution in [2.75, 3.05) is 9.80 Å². The minimum absolute atomic E-state index is 0.763. The molecule has 72 heavy (non-hydrogen) atoms. The monoisotopic (exact) mass is 926 g/mol. The predicted octanol–water partition coefficient (Wildman–Crippen LogP) is 19.0. The Labute approximate surface area is 414 Å². The number of anilines is 6. The van der Waals surface area contributed by atoms with Gasteiger partial charge in [0.15, 0.2) is 11.2 Å². The first kappa shape index (κ1) is 40.6. The lowest BCUT2D eigenvalue weighted by Gasteiger charge is -2.26. The lowest BCUT2D eigenvalue weighted by atomic mass is 10.0. The minimum atomic E-state index is 0.763. The highest BCUT2D eigenvalue weighted by Gasteiger charge is 2.22. The molecule has 0 amide bonds. The molecule has 0 saturated carbocycles. The number of benzene rings is 11. The molecule has 0 unspecified atom stereocenters. The summed E-state index contributed by atoms with van der Waals surface area (Å²) < 4.78 is 18.5. The third kappa shape index (κ3) is 6.02. The van der Waals surface area contributed by atoms with Crippen LogP contribution in [0.25, 0.3) is 109 Å². The molecule has 342 valence electrons. The summed E-state index contributed by atoms with van der Waals surface area (Å²) in [5.74, 6) is 0. The minimum Gasteiger partial charge on any atom is -0.452 e. The highest BCUT2D eigenvalue weighted by molar-refractivity contribution is 6.22. The van der Waals surface area contributed by atoms with Crippen LogP contribution in [0.4, 0.5) is 34.1 Å². The summed E-state index contributed by atoms with van der Waals surface area (Å²) >= 11 is 0. The number of hydrogen-bond acceptors (Lipinski definition) is 4. The van der Waals surface area contributed by atoms with Crippen LogP contribution in [0, 0.1) is 0 Å². The van der Waals surface area contributed by atoms with Crippen molar-refractivity contribution in [3.63, 3.8) is 0 Å². The van der Waals surface area contributed by atoms with Gasteiger partial charge in [0.2, 0.25) is 0 Å². The lowest BCUT2D eigenvalue weighted by Crippen LogP contribution is -2.09. The van der Waals surface area contributed by atoms with E-state index in [1.54, 1.807) is 0 Å². The number of para-hydroxylation sites is 4. The van der Waals surface area contributed by atoms with Crippen molar-refractivity contribution in [1.82, 2.24) is 9.13 Å². The standard InChI is InChI=1S/C66H46N4O2/c1-3-67-59-21-13-11-19-51(59)55-39-49(27-31-61(55)67)69(45-15-7-5-8-16-45)47-25-23-41-35-57-53-29-30-54-58-36-42-24-26-48(34-44(42)38-64(58)72-66(54)65(53)71-63(57)37-43(41)33-47)70(46-17-9-6-10-18-46)50-28-32-62-56(40-50)52-20-12-14-22-60(52)68(62)4-2/h5-40H,3-4H2,1-2H3. The number of fused-ring (bicyclic) bond motifs is 15. The van der Waals surface area contributed by atoms with Crippen LogP contribution in [0.3, 0.4) is 0 Å². The smallest absolute Gasteiger partial charge is 0.178 e. The molecule has 15 rings (SSSR count). The Hall–Kier alpha value is -9.26. The highest BCUT2D eigenvalue weighted by atomic mass is 16.4. The average molecular weight is 927 g/mol. The number of rotatable bonds is 8. The molecular weight excluding hydrogens is 881 g/mol. The van der Waals surface area contributed by atoms with Gasteiger partial charge in [0, 0.05) is 112 Å². The van der Waals surface area contributed by atoms with Crippen LogP contribution in [-0.2, 0) is 13.1 Å². The predicted molar refractivity (Wildman–Crippen MR) is 303 cm³/mol. The molecule has 0 spiro atoms. The van der Waals surface area contributed by atoms with Crippen molar-refractivity contribution in [2.45, 2.75) is 26.9 Å². The van der Waals surface area contributed by atoms with E-state index in [1.807, 2.05) is 0 Å². The molecule has 0 aliphatic rings. The second kappa shape index (κ2) is 15.6. The fourth-order valence-electron chi connectivity index (χ4n) is 11.9. The maximum absolute atomic E-state index is 6.87. The SMILES string of the molecule is CCn1c2ccccc2c2cc(N(c3ccccc3)c3ccc4cc5c(cc4c3)oc3c5ccc4c5cc6ccc(N(c7ccccc7)c7ccc8c(c7)c7ccccc7n8CC)cc6cc5oc43)ccc21. The summed E-state index contributed by atoms with van der Waals surface area (Å²) in [4.78, 5) is 4.71. The Morgan fingerprint density at radius 2 is 0.681 bits per heavy atom. The number of aryl methyl sites for hydroxylation is 2. The van der Waals surface area contributed by atoms with Crippen LogP contribution in [0.1, 0.15) is 13.8 Å². The quantitative estimate of drug-likeness (QED) is 0.152. The van der Waals surface area contributed by atoms with E-state index in [2.05, 4.69) is 251 Å². The van der Waals surface area contributed by atoms with Gasteiger partial charge < -0.3 is 27.8 Å². The molecule has 0 aliphatic carbocycles. The Morgan fingerprint density at radius 1 is 0.292 bits per heavy atom. The van der Waals surface area contributed by atoms with Crippen molar-refractivity contribution in [3.05, 3.63) is 218 Å². The molecule has 4 heterocycles. The number of nitrogens with zero attached hydrogens (tertiary/aromatic N) is 4. The maximum atomic E-state index is 6.87. The third-order valence-corrected chi connectivity index (χ3v) is 15.2. The molecule has 0 bridgehead atoms. The zero-order valence-electron chi connectivity index (χ0n) is 39.8. The van der Waals surface area contributed by atoms with Gasteiger partial charge in [0.1, 0.15) is 11.2 Å². The first-order valence-electron chi connectivity index (χ1n) is 25.0. The Balaban J connectivity index is 0.836. The van der Waals surface area contributed by atoms with Gasteiger partial charge in [-0.05, 0) is 169 Å². The molecule has 0 atom stereocenters. The Kier molecular flexibility index (Phi) is 8.81. The number of furan rings is 2. The van der Waals surface area contributed by atoms with E-state index in [1.165, 1.54) is 43.6 Å².